The van der Waals surface area contributed by atoms with E-state index >= 15 is 0 Å². The lowest BCUT2D eigenvalue weighted by Gasteiger charge is -2.36. The monoisotopic (exact) mass is 416 g/mol. The standard InChI is InChI=1S/C25H21BrO/c26-22-14-10-13-21(19-22)25(20-11-4-3-5-12-20)17-8-1-2-9-18-27-24-16-7-6-15-23(24)25/h1-16,19H,17-18H2/b8-1-,9-2-. The summed E-state index contributed by atoms with van der Waals surface area (Å²) < 4.78 is 7.24. The lowest BCUT2D eigenvalue weighted by molar-refractivity contribution is 0.352. The first-order valence-corrected chi connectivity index (χ1v) is 9.95. The minimum absolute atomic E-state index is 0.330. The van der Waals surface area contributed by atoms with E-state index in [1.165, 1.54) is 16.7 Å². The van der Waals surface area contributed by atoms with Crippen molar-refractivity contribution in [1.82, 2.24) is 0 Å². The second kappa shape index (κ2) is 7.98. The van der Waals surface area contributed by atoms with Gasteiger partial charge in [-0.05, 0) is 41.8 Å². The Balaban J connectivity index is 2.06. The number of benzene rings is 3. The predicted molar refractivity (Wildman–Crippen MR) is 115 cm³/mol. The van der Waals surface area contributed by atoms with Crippen LogP contribution in [-0.2, 0) is 5.41 Å². The van der Waals surface area contributed by atoms with E-state index in [9.17, 15) is 0 Å². The number of hydrogen-bond acceptors (Lipinski definition) is 1. The fourth-order valence-corrected chi connectivity index (χ4v) is 4.24. The molecule has 0 aliphatic carbocycles. The average molecular weight is 417 g/mol. The van der Waals surface area contributed by atoms with E-state index in [0.29, 0.717) is 6.61 Å². The number of allylic oxidation sites excluding steroid dienone is 3. The summed E-state index contributed by atoms with van der Waals surface area (Å²) in [5, 5.41) is 0. The summed E-state index contributed by atoms with van der Waals surface area (Å²) >= 11 is 3.67. The molecular weight excluding hydrogens is 396 g/mol. The van der Waals surface area contributed by atoms with Crippen LogP contribution in [0.15, 0.2) is 108 Å². The summed E-state index contributed by atoms with van der Waals surface area (Å²) in [6.45, 7) is 0.560. The molecule has 3 aromatic carbocycles. The molecule has 0 saturated heterocycles. The van der Waals surface area contributed by atoms with E-state index in [2.05, 4.69) is 107 Å². The minimum Gasteiger partial charge on any atom is -0.489 e. The molecule has 1 aliphatic rings. The number of ether oxygens (including phenoxy) is 1. The maximum Gasteiger partial charge on any atom is 0.124 e. The Hall–Kier alpha value is -2.58. The van der Waals surface area contributed by atoms with Gasteiger partial charge in [0.15, 0.2) is 0 Å². The van der Waals surface area contributed by atoms with Gasteiger partial charge in [0.1, 0.15) is 12.4 Å². The van der Waals surface area contributed by atoms with Crippen molar-refractivity contribution in [2.45, 2.75) is 11.8 Å². The zero-order valence-electron chi connectivity index (χ0n) is 15.0. The van der Waals surface area contributed by atoms with Gasteiger partial charge in [-0.15, -0.1) is 0 Å². The van der Waals surface area contributed by atoms with E-state index in [1.54, 1.807) is 0 Å². The third-order valence-corrected chi connectivity index (χ3v) is 5.57. The SMILES string of the molecule is Brc1cccc(C2(c3ccccc3)C/C=C\C=C/COc3ccccc32)c1. The van der Waals surface area contributed by atoms with E-state index in [-0.39, 0.29) is 5.41 Å². The van der Waals surface area contributed by atoms with Gasteiger partial charge in [-0.3, -0.25) is 0 Å². The Morgan fingerprint density at radius 1 is 0.741 bits per heavy atom. The summed E-state index contributed by atoms with van der Waals surface area (Å²) in [6.07, 6.45) is 9.32. The molecule has 0 bridgehead atoms. The Labute approximate surface area is 169 Å². The van der Waals surface area contributed by atoms with Gasteiger partial charge in [-0.25, -0.2) is 0 Å². The molecule has 0 radical (unpaired) electrons. The first-order valence-electron chi connectivity index (χ1n) is 9.16. The molecule has 1 heterocycles. The number of para-hydroxylation sites is 1. The molecule has 0 saturated carbocycles. The second-order valence-electron chi connectivity index (χ2n) is 6.65. The smallest absolute Gasteiger partial charge is 0.124 e. The second-order valence-corrected chi connectivity index (χ2v) is 7.56. The average Bonchev–Trinajstić information content (AvgIpc) is 2.72. The van der Waals surface area contributed by atoms with Crippen LogP contribution in [0.3, 0.4) is 0 Å². The normalized spacial score (nSPS) is 21.5. The summed E-state index contributed by atoms with van der Waals surface area (Å²) in [7, 11) is 0. The molecule has 4 rings (SSSR count). The number of hydrogen-bond donors (Lipinski definition) is 0. The highest BCUT2D eigenvalue weighted by atomic mass is 79.9. The van der Waals surface area contributed by atoms with Crippen LogP contribution in [-0.4, -0.2) is 6.61 Å². The number of fused-ring (bicyclic) bond motifs is 1. The Morgan fingerprint density at radius 3 is 2.33 bits per heavy atom. The number of halogens is 1. The molecule has 1 nitrogen and oxygen atoms in total. The van der Waals surface area contributed by atoms with Crippen LogP contribution in [0.5, 0.6) is 5.75 Å². The van der Waals surface area contributed by atoms with Crippen LogP contribution in [0.1, 0.15) is 23.1 Å². The van der Waals surface area contributed by atoms with E-state index in [0.717, 1.165) is 16.6 Å². The molecule has 0 amide bonds. The van der Waals surface area contributed by atoms with Crippen molar-refractivity contribution in [1.29, 1.82) is 0 Å². The first kappa shape index (κ1) is 17.8. The molecule has 0 fully saturated rings. The molecule has 0 aromatic heterocycles. The molecule has 0 spiro atoms. The van der Waals surface area contributed by atoms with Gasteiger partial charge < -0.3 is 4.74 Å². The fraction of sp³-hybridized carbons (Fsp3) is 0.120. The lowest BCUT2D eigenvalue weighted by Crippen LogP contribution is -2.30. The van der Waals surface area contributed by atoms with Crippen molar-refractivity contribution in [2.24, 2.45) is 0 Å². The van der Waals surface area contributed by atoms with Gasteiger partial charge in [-0.2, -0.15) is 0 Å². The predicted octanol–water partition coefficient (Wildman–Crippen LogP) is 6.68. The van der Waals surface area contributed by atoms with Crippen LogP contribution in [0.2, 0.25) is 0 Å². The van der Waals surface area contributed by atoms with Crippen molar-refractivity contribution in [3.05, 3.63) is 124 Å². The van der Waals surface area contributed by atoms with Crippen molar-refractivity contribution in [3.8, 4) is 5.75 Å². The van der Waals surface area contributed by atoms with Gasteiger partial charge in [-0.1, -0.05) is 94.8 Å². The minimum atomic E-state index is -0.330. The quantitative estimate of drug-likeness (QED) is 0.452. The molecule has 1 atom stereocenters. The maximum atomic E-state index is 6.16. The van der Waals surface area contributed by atoms with Gasteiger partial charge >= 0.3 is 0 Å². The van der Waals surface area contributed by atoms with Gasteiger partial charge in [0, 0.05) is 10.0 Å². The summed E-state index contributed by atoms with van der Waals surface area (Å²) in [5.74, 6) is 0.932. The van der Waals surface area contributed by atoms with Crippen molar-refractivity contribution < 1.29 is 4.74 Å². The molecule has 3 aromatic rings. The van der Waals surface area contributed by atoms with Gasteiger partial charge in [0.2, 0.25) is 0 Å². The highest BCUT2D eigenvalue weighted by molar-refractivity contribution is 9.10. The molecule has 27 heavy (non-hydrogen) atoms. The molecule has 0 N–H and O–H groups in total. The number of rotatable bonds is 2. The van der Waals surface area contributed by atoms with E-state index in [4.69, 9.17) is 4.74 Å². The zero-order chi connectivity index (χ0) is 18.5. The van der Waals surface area contributed by atoms with Crippen LogP contribution in [0, 0.1) is 0 Å². The summed E-state index contributed by atoms with van der Waals surface area (Å²) in [4.78, 5) is 0. The van der Waals surface area contributed by atoms with Crippen LogP contribution in [0.4, 0.5) is 0 Å². The fourth-order valence-electron chi connectivity index (χ4n) is 3.84. The third kappa shape index (κ3) is 3.50. The maximum absolute atomic E-state index is 6.16. The molecular formula is C25H21BrO. The molecule has 1 aliphatic heterocycles. The highest BCUT2D eigenvalue weighted by Crippen LogP contribution is 2.46. The lowest BCUT2D eigenvalue weighted by atomic mass is 9.67. The van der Waals surface area contributed by atoms with E-state index < -0.39 is 0 Å². The summed E-state index contributed by atoms with van der Waals surface area (Å²) in [6, 6.07) is 27.8. The topological polar surface area (TPSA) is 9.23 Å². The Bertz CT molecular complexity index is 974. The van der Waals surface area contributed by atoms with Crippen LogP contribution < -0.4 is 4.74 Å². The molecule has 1 unspecified atom stereocenters. The molecule has 2 heteroatoms. The van der Waals surface area contributed by atoms with Gasteiger partial charge in [0.05, 0.1) is 5.41 Å². The molecule has 134 valence electrons. The van der Waals surface area contributed by atoms with Crippen molar-refractivity contribution >= 4 is 15.9 Å². The van der Waals surface area contributed by atoms with Crippen LogP contribution >= 0.6 is 15.9 Å². The first-order chi connectivity index (χ1) is 13.3. The third-order valence-electron chi connectivity index (χ3n) is 5.07. The highest BCUT2D eigenvalue weighted by Gasteiger charge is 2.37. The Kier molecular flexibility index (Phi) is 5.26. The van der Waals surface area contributed by atoms with Crippen LogP contribution in [0.25, 0.3) is 0 Å². The van der Waals surface area contributed by atoms with E-state index in [1.807, 2.05) is 12.1 Å². The van der Waals surface area contributed by atoms with Crippen molar-refractivity contribution in [2.75, 3.05) is 6.61 Å². The van der Waals surface area contributed by atoms with Gasteiger partial charge in [0.25, 0.3) is 0 Å². The Morgan fingerprint density at radius 2 is 1.48 bits per heavy atom. The van der Waals surface area contributed by atoms with Crippen molar-refractivity contribution in [3.63, 3.8) is 0 Å². The zero-order valence-corrected chi connectivity index (χ0v) is 16.6. The summed E-state index contributed by atoms with van der Waals surface area (Å²) in [5.41, 5.74) is 3.36. The largest absolute Gasteiger partial charge is 0.489 e.